The van der Waals surface area contributed by atoms with E-state index in [0.717, 1.165) is 5.56 Å². The fourth-order valence-corrected chi connectivity index (χ4v) is 3.41. The molecular formula is C24H17Cl3N2O3. The minimum atomic E-state index is -0.415. The Kier molecular flexibility index (Phi) is 8.02. The van der Waals surface area contributed by atoms with Crippen LogP contribution >= 0.6 is 34.8 Å². The van der Waals surface area contributed by atoms with Gasteiger partial charge in [-0.05, 0) is 47.5 Å². The smallest absolute Gasteiger partial charge is 0.262 e. The molecule has 0 aromatic heterocycles. The first-order valence-electron chi connectivity index (χ1n) is 9.33. The van der Waals surface area contributed by atoms with Crippen LogP contribution in [-0.2, 0) is 4.79 Å². The molecule has 0 saturated heterocycles. The van der Waals surface area contributed by atoms with Crippen molar-refractivity contribution < 1.29 is 14.3 Å². The van der Waals surface area contributed by atoms with Crippen LogP contribution in [0.4, 0.5) is 5.69 Å². The van der Waals surface area contributed by atoms with E-state index in [2.05, 4.69) is 11.4 Å². The number of nitrogens with zero attached hydrogens (tertiary/aromatic N) is 1. The van der Waals surface area contributed by atoms with Gasteiger partial charge in [0.15, 0.2) is 18.1 Å². The van der Waals surface area contributed by atoms with E-state index in [0.29, 0.717) is 32.6 Å². The van der Waals surface area contributed by atoms with Crippen LogP contribution in [0.25, 0.3) is 11.6 Å². The number of amides is 1. The first-order valence-corrected chi connectivity index (χ1v) is 10.5. The van der Waals surface area contributed by atoms with E-state index in [1.807, 2.05) is 30.3 Å². The number of carbonyl (C=O) groups is 1. The Morgan fingerprint density at radius 3 is 2.44 bits per heavy atom. The molecule has 0 bridgehead atoms. The number of halogens is 3. The van der Waals surface area contributed by atoms with Crippen LogP contribution in [-0.4, -0.2) is 19.6 Å². The van der Waals surface area contributed by atoms with Gasteiger partial charge in [-0.2, -0.15) is 5.26 Å². The van der Waals surface area contributed by atoms with Gasteiger partial charge < -0.3 is 14.8 Å². The number of rotatable bonds is 7. The lowest BCUT2D eigenvalue weighted by molar-refractivity contribution is -0.118. The fraction of sp³-hybridized carbons (Fsp3) is 0.0833. The molecule has 5 nitrogen and oxygen atoms in total. The van der Waals surface area contributed by atoms with Gasteiger partial charge in [0.1, 0.15) is 0 Å². The lowest BCUT2D eigenvalue weighted by Crippen LogP contribution is -2.20. The summed E-state index contributed by atoms with van der Waals surface area (Å²) in [6.07, 6.45) is 1.70. The van der Waals surface area contributed by atoms with Gasteiger partial charge in [0.2, 0.25) is 0 Å². The Balaban J connectivity index is 1.76. The average molecular weight is 488 g/mol. The topological polar surface area (TPSA) is 71.3 Å². The Morgan fingerprint density at radius 1 is 1.03 bits per heavy atom. The summed E-state index contributed by atoms with van der Waals surface area (Å²) in [7, 11) is 1.46. The molecule has 0 heterocycles. The highest BCUT2D eigenvalue weighted by molar-refractivity contribution is 6.42. The Hall–Kier alpha value is -3.17. The third-order valence-electron chi connectivity index (χ3n) is 4.32. The van der Waals surface area contributed by atoms with Gasteiger partial charge in [-0.25, -0.2) is 0 Å². The van der Waals surface area contributed by atoms with E-state index in [1.165, 1.54) is 13.2 Å². The van der Waals surface area contributed by atoms with Crippen molar-refractivity contribution in [3.05, 3.63) is 86.9 Å². The quantitative estimate of drug-likeness (QED) is 0.296. The van der Waals surface area contributed by atoms with Gasteiger partial charge in [-0.1, -0.05) is 65.1 Å². The van der Waals surface area contributed by atoms with Gasteiger partial charge in [-0.3, -0.25) is 4.79 Å². The molecule has 8 heteroatoms. The highest BCUT2D eigenvalue weighted by Gasteiger charge is 2.14. The van der Waals surface area contributed by atoms with E-state index in [1.54, 1.807) is 30.3 Å². The molecule has 0 aliphatic carbocycles. The Bertz CT molecular complexity index is 1210. The van der Waals surface area contributed by atoms with Crippen molar-refractivity contribution >= 4 is 58.0 Å². The van der Waals surface area contributed by atoms with Crippen LogP contribution in [0.1, 0.15) is 11.1 Å². The zero-order valence-electron chi connectivity index (χ0n) is 16.9. The molecule has 162 valence electrons. The SMILES string of the molecule is COc1cc(/C=C(\C#N)c2ccccc2)cc(Cl)c1OCC(=O)Nc1ccc(Cl)c(Cl)c1. The third-order valence-corrected chi connectivity index (χ3v) is 5.34. The number of hydrogen-bond acceptors (Lipinski definition) is 4. The predicted octanol–water partition coefficient (Wildman–Crippen LogP) is 6.74. The molecule has 3 aromatic carbocycles. The highest BCUT2D eigenvalue weighted by Crippen LogP contribution is 2.37. The first kappa shape index (κ1) is 23.5. The maximum absolute atomic E-state index is 12.3. The number of ether oxygens (including phenoxy) is 2. The summed E-state index contributed by atoms with van der Waals surface area (Å²) >= 11 is 18.2. The normalized spacial score (nSPS) is 10.9. The van der Waals surface area contributed by atoms with Gasteiger partial charge in [-0.15, -0.1) is 0 Å². The molecule has 1 amide bonds. The molecule has 0 saturated carbocycles. The van der Waals surface area contributed by atoms with E-state index in [-0.39, 0.29) is 17.4 Å². The minimum absolute atomic E-state index is 0.217. The first-order chi connectivity index (χ1) is 15.4. The van der Waals surface area contributed by atoms with Crippen LogP contribution in [0.2, 0.25) is 15.1 Å². The summed E-state index contributed by atoms with van der Waals surface area (Å²) in [6, 6.07) is 19.5. The van der Waals surface area contributed by atoms with Crippen molar-refractivity contribution in [2.45, 2.75) is 0 Å². The number of methoxy groups -OCH3 is 1. The monoisotopic (exact) mass is 486 g/mol. The van der Waals surface area contributed by atoms with Gasteiger partial charge in [0.25, 0.3) is 5.91 Å². The second kappa shape index (κ2) is 10.9. The molecule has 32 heavy (non-hydrogen) atoms. The van der Waals surface area contributed by atoms with Crippen LogP contribution in [0.15, 0.2) is 60.7 Å². The average Bonchev–Trinajstić information content (AvgIpc) is 2.79. The molecule has 0 unspecified atom stereocenters. The number of hydrogen-bond donors (Lipinski definition) is 1. The summed E-state index contributed by atoms with van der Waals surface area (Å²) in [5.41, 5.74) is 2.39. The second-order valence-electron chi connectivity index (χ2n) is 6.54. The number of carbonyl (C=O) groups excluding carboxylic acids is 1. The minimum Gasteiger partial charge on any atom is -0.493 e. The van der Waals surface area contributed by atoms with Crippen molar-refractivity contribution in [3.63, 3.8) is 0 Å². The molecule has 3 rings (SSSR count). The van der Waals surface area contributed by atoms with Gasteiger partial charge in [0.05, 0.1) is 33.8 Å². The van der Waals surface area contributed by atoms with Crippen molar-refractivity contribution in [2.75, 3.05) is 19.0 Å². The summed E-state index contributed by atoms with van der Waals surface area (Å²) < 4.78 is 11.0. The molecule has 0 aliphatic heterocycles. The molecule has 3 aromatic rings. The maximum Gasteiger partial charge on any atom is 0.262 e. The predicted molar refractivity (Wildman–Crippen MR) is 129 cm³/mol. The van der Waals surface area contributed by atoms with Gasteiger partial charge in [0, 0.05) is 5.69 Å². The zero-order valence-corrected chi connectivity index (χ0v) is 19.1. The van der Waals surface area contributed by atoms with E-state index in [9.17, 15) is 10.1 Å². The standard InChI is InChI=1S/C24H17Cl3N2O3/c1-31-22-11-15(9-17(13-28)16-5-3-2-4-6-16)10-21(27)24(22)32-14-23(30)29-18-7-8-19(25)20(26)12-18/h2-12H,14H2,1H3,(H,29,30)/b17-9+. The maximum atomic E-state index is 12.3. The Labute approximate surface area is 200 Å². The lowest BCUT2D eigenvalue weighted by atomic mass is 10.0. The third kappa shape index (κ3) is 5.95. The van der Waals surface area contributed by atoms with E-state index in [4.69, 9.17) is 44.3 Å². The second-order valence-corrected chi connectivity index (χ2v) is 7.76. The molecule has 1 N–H and O–H groups in total. The van der Waals surface area contributed by atoms with E-state index < -0.39 is 5.91 Å². The Morgan fingerprint density at radius 2 is 1.78 bits per heavy atom. The molecule has 0 fully saturated rings. The van der Waals surface area contributed by atoms with Crippen molar-refractivity contribution in [1.29, 1.82) is 5.26 Å². The molecular weight excluding hydrogens is 471 g/mol. The van der Waals surface area contributed by atoms with Crippen molar-refractivity contribution in [1.82, 2.24) is 0 Å². The summed E-state index contributed by atoms with van der Waals surface area (Å²) in [5, 5.41) is 13.1. The number of nitrogens with one attached hydrogen (secondary N) is 1. The molecule has 0 radical (unpaired) electrons. The largest absolute Gasteiger partial charge is 0.493 e. The van der Waals surface area contributed by atoms with Crippen LogP contribution in [0.5, 0.6) is 11.5 Å². The van der Waals surface area contributed by atoms with Crippen LogP contribution in [0, 0.1) is 11.3 Å². The fourth-order valence-electron chi connectivity index (χ4n) is 2.84. The molecule has 0 atom stereocenters. The van der Waals surface area contributed by atoms with Crippen molar-refractivity contribution in [2.24, 2.45) is 0 Å². The zero-order chi connectivity index (χ0) is 23.1. The van der Waals surface area contributed by atoms with Crippen molar-refractivity contribution in [3.8, 4) is 17.6 Å². The van der Waals surface area contributed by atoms with Crippen LogP contribution < -0.4 is 14.8 Å². The summed E-state index contributed by atoms with van der Waals surface area (Å²) in [5.74, 6) is 0.131. The number of anilines is 1. The number of benzene rings is 3. The number of allylic oxidation sites excluding steroid dienone is 1. The summed E-state index contributed by atoms with van der Waals surface area (Å²) in [6.45, 7) is -0.307. The number of nitriles is 1. The van der Waals surface area contributed by atoms with Gasteiger partial charge >= 0.3 is 0 Å². The highest BCUT2D eigenvalue weighted by atomic mass is 35.5. The summed E-state index contributed by atoms with van der Waals surface area (Å²) in [4.78, 5) is 12.3. The molecule has 0 spiro atoms. The van der Waals surface area contributed by atoms with E-state index >= 15 is 0 Å². The molecule has 0 aliphatic rings. The van der Waals surface area contributed by atoms with Crippen LogP contribution in [0.3, 0.4) is 0 Å². The lowest BCUT2D eigenvalue weighted by Gasteiger charge is -2.14.